The molecule has 2 aromatic carbocycles. The Bertz CT molecular complexity index is 1320. The Morgan fingerprint density at radius 3 is 2.51 bits per heavy atom. The van der Waals surface area contributed by atoms with Crippen LogP contribution in [0.1, 0.15) is 23.7 Å². The number of methoxy groups -OCH3 is 1. The summed E-state index contributed by atoms with van der Waals surface area (Å²) >= 11 is 8.59. The second-order valence-corrected chi connectivity index (χ2v) is 9.95. The molecule has 0 unspecified atom stereocenters. The third-order valence-corrected chi connectivity index (χ3v) is 6.44. The highest BCUT2D eigenvalue weighted by Crippen LogP contribution is 2.24. The van der Waals surface area contributed by atoms with Crippen molar-refractivity contribution in [2.45, 2.75) is 18.2 Å². The zero-order chi connectivity index (χ0) is 25.4. The van der Waals surface area contributed by atoms with E-state index < -0.39 is 15.9 Å². The van der Waals surface area contributed by atoms with Crippen LogP contribution in [-0.4, -0.2) is 43.1 Å². The Morgan fingerprint density at radius 1 is 1.11 bits per heavy atom. The van der Waals surface area contributed by atoms with Gasteiger partial charge in [0.05, 0.1) is 24.2 Å². The van der Waals surface area contributed by atoms with Crippen molar-refractivity contribution in [3.63, 3.8) is 0 Å². The third kappa shape index (κ3) is 7.10. The molecule has 0 spiro atoms. The molecule has 0 radical (unpaired) electrons. The van der Waals surface area contributed by atoms with Crippen LogP contribution in [0.15, 0.2) is 64.2 Å². The van der Waals surface area contributed by atoms with Crippen molar-refractivity contribution in [1.29, 1.82) is 0 Å². The van der Waals surface area contributed by atoms with E-state index in [1.54, 1.807) is 18.2 Å². The standard InChI is InChI=1S/C22H22BrN5O5S2/c1-3-12-33-18-9-4-14(23)13-17(18)20(29)27-22(34)26-15-5-7-16(8-6-15)35(30,31)28-19-21(32-2)25-11-10-24-19/h4-11,13H,3,12H2,1-2H3,(H,24,28)(H2,26,27,29,34). The van der Waals surface area contributed by atoms with Crippen LogP contribution >= 0.6 is 28.1 Å². The maximum absolute atomic E-state index is 12.7. The second-order valence-electron chi connectivity index (χ2n) is 6.94. The number of nitrogens with one attached hydrogen (secondary N) is 3. The summed E-state index contributed by atoms with van der Waals surface area (Å²) in [6.07, 6.45) is 3.52. The average molecular weight is 580 g/mol. The van der Waals surface area contributed by atoms with Gasteiger partial charge in [0.25, 0.3) is 21.8 Å². The van der Waals surface area contributed by atoms with Crippen molar-refractivity contribution in [1.82, 2.24) is 15.3 Å². The number of carbonyl (C=O) groups excluding carboxylic acids is 1. The molecule has 1 amide bonds. The Labute approximate surface area is 216 Å². The van der Waals surface area contributed by atoms with E-state index in [9.17, 15) is 13.2 Å². The summed E-state index contributed by atoms with van der Waals surface area (Å²) in [4.78, 5) is 20.6. The normalized spacial score (nSPS) is 10.8. The van der Waals surface area contributed by atoms with Crippen molar-refractivity contribution in [3.05, 3.63) is 64.9 Å². The molecule has 0 aliphatic heterocycles. The summed E-state index contributed by atoms with van der Waals surface area (Å²) in [5.74, 6) is 0.00782. The smallest absolute Gasteiger partial charge is 0.263 e. The summed E-state index contributed by atoms with van der Waals surface area (Å²) in [6, 6.07) is 10.9. The van der Waals surface area contributed by atoms with Gasteiger partial charge in [0.15, 0.2) is 5.11 Å². The van der Waals surface area contributed by atoms with Gasteiger partial charge >= 0.3 is 0 Å². The van der Waals surface area contributed by atoms with Gasteiger partial charge in [-0.15, -0.1) is 0 Å². The number of hydrogen-bond acceptors (Lipinski definition) is 8. The summed E-state index contributed by atoms with van der Waals surface area (Å²) in [6.45, 7) is 2.44. The van der Waals surface area contributed by atoms with Gasteiger partial charge in [0.1, 0.15) is 5.75 Å². The number of nitrogens with zero attached hydrogens (tertiary/aromatic N) is 2. The van der Waals surface area contributed by atoms with Crippen LogP contribution in [-0.2, 0) is 10.0 Å². The minimum Gasteiger partial charge on any atom is -0.493 e. The molecule has 0 fully saturated rings. The van der Waals surface area contributed by atoms with E-state index in [0.29, 0.717) is 23.6 Å². The van der Waals surface area contributed by atoms with Crippen molar-refractivity contribution >= 4 is 60.7 Å². The summed E-state index contributed by atoms with van der Waals surface area (Å²) in [5.41, 5.74) is 0.798. The maximum atomic E-state index is 12.7. The Morgan fingerprint density at radius 2 is 1.83 bits per heavy atom. The molecule has 0 bridgehead atoms. The lowest BCUT2D eigenvalue weighted by molar-refractivity contribution is 0.0973. The predicted octanol–water partition coefficient (Wildman–Crippen LogP) is 3.96. The molecular weight excluding hydrogens is 558 g/mol. The highest BCUT2D eigenvalue weighted by atomic mass is 79.9. The first-order valence-electron chi connectivity index (χ1n) is 10.3. The predicted molar refractivity (Wildman–Crippen MR) is 139 cm³/mol. The number of rotatable bonds is 9. The van der Waals surface area contributed by atoms with E-state index >= 15 is 0 Å². The molecule has 3 rings (SSSR count). The third-order valence-electron chi connectivity index (χ3n) is 4.39. The molecule has 184 valence electrons. The Hall–Kier alpha value is -3.29. The van der Waals surface area contributed by atoms with Gasteiger partial charge < -0.3 is 14.8 Å². The molecular formula is C22H22BrN5O5S2. The maximum Gasteiger partial charge on any atom is 0.263 e. The number of carbonyl (C=O) groups is 1. The van der Waals surface area contributed by atoms with E-state index in [1.807, 2.05) is 6.92 Å². The van der Waals surface area contributed by atoms with E-state index in [4.69, 9.17) is 21.7 Å². The van der Waals surface area contributed by atoms with Crippen LogP contribution in [0, 0.1) is 0 Å². The van der Waals surface area contributed by atoms with Crippen molar-refractivity contribution < 1.29 is 22.7 Å². The van der Waals surface area contributed by atoms with Gasteiger partial charge in [0, 0.05) is 22.6 Å². The van der Waals surface area contributed by atoms with Gasteiger partial charge in [-0.3, -0.25) is 14.8 Å². The number of benzene rings is 2. The molecule has 3 aromatic rings. The van der Waals surface area contributed by atoms with Crippen molar-refractivity contribution in [3.8, 4) is 11.6 Å². The molecule has 13 heteroatoms. The van der Waals surface area contributed by atoms with E-state index in [1.165, 1.54) is 43.8 Å². The fourth-order valence-corrected chi connectivity index (χ4v) is 4.38. The number of hydrogen-bond donors (Lipinski definition) is 3. The first-order valence-corrected chi connectivity index (χ1v) is 12.9. The average Bonchev–Trinajstić information content (AvgIpc) is 2.83. The van der Waals surface area contributed by atoms with E-state index in [2.05, 4.69) is 41.3 Å². The molecule has 0 atom stereocenters. The first-order chi connectivity index (χ1) is 16.7. The highest BCUT2D eigenvalue weighted by molar-refractivity contribution is 9.10. The monoisotopic (exact) mass is 579 g/mol. The van der Waals surface area contributed by atoms with Crippen LogP contribution in [0.25, 0.3) is 0 Å². The molecule has 0 aliphatic carbocycles. The number of ether oxygens (including phenoxy) is 2. The lowest BCUT2D eigenvalue weighted by atomic mass is 10.2. The number of anilines is 2. The lowest BCUT2D eigenvalue weighted by Gasteiger charge is -2.14. The quantitative estimate of drug-likeness (QED) is 0.322. The summed E-state index contributed by atoms with van der Waals surface area (Å²) < 4.78 is 39.1. The highest BCUT2D eigenvalue weighted by Gasteiger charge is 2.19. The fraction of sp³-hybridized carbons (Fsp3) is 0.182. The van der Waals surface area contributed by atoms with E-state index in [0.717, 1.165) is 10.9 Å². The van der Waals surface area contributed by atoms with Gasteiger partial charge in [0.2, 0.25) is 5.82 Å². The van der Waals surface area contributed by atoms with Gasteiger partial charge in [-0.25, -0.2) is 18.4 Å². The number of sulfonamides is 1. The van der Waals surface area contributed by atoms with Crippen molar-refractivity contribution in [2.24, 2.45) is 0 Å². The zero-order valence-electron chi connectivity index (χ0n) is 18.7. The number of thiocarbonyl (C=S) groups is 1. The number of halogens is 1. The number of aromatic nitrogens is 2. The van der Waals surface area contributed by atoms with Crippen LogP contribution < -0.4 is 24.8 Å². The van der Waals surface area contributed by atoms with Gasteiger partial charge in [-0.1, -0.05) is 22.9 Å². The van der Waals surface area contributed by atoms with Crippen LogP contribution in [0.5, 0.6) is 11.6 Å². The molecule has 3 N–H and O–H groups in total. The van der Waals surface area contributed by atoms with Crippen LogP contribution in [0.3, 0.4) is 0 Å². The van der Waals surface area contributed by atoms with Gasteiger partial charge in [-0.05, 0) is 61.1 Å². The largest absolute Gasteiger partial charge is 0.493 e. The summed E-state index contributed by atoms with van der Waals surface area (Å²) in [7, 11) is -2.58. The van der Waals surface area contributed by atoms with Crippen LogP contribution in [0.2, 0.25) is 0 Å². The Kier molecular flexibility index (Phi) is 8.95. The molecule has 0 saturated heterocycles. The topological polar surface area (TPSA) is 132 Å². The van der Waals surface area contributed by atoms with E-state index in [-0.39, 0.29) is 21.7 Å². The molecule has 0 aliphatic rings. The minimum absolute atomic E-state index is 0.0161. The molecule has 1 heterocycles. The zero-order valence-corrected chi connectivity index (χ0v) is 22.0. The van der Waals surface area contributed by atoms with Crippen molar-refractivity contribution in [2.75, 3.05) is 23.8 Å². The molecule has 10 nitrogen and oxygen atoms in total. The second kappa shape index (κ2) is 11.9. The van der Waals surface area contributed by atoms with Crippen LogP contribution in [0.4, 0.5) is 11.5 Å². The first kappa shape index (κ1) is 26.3. The minimum atomic E-state index is -3.94. The Balaban J connectivity index is 1.66. The molecule has 35 heavy (non-hydrogen) atoms. The van der Waals surface area contributed by atoms with Gasteiger partial charge in [-0.2, -0.15) is 0 Å². The SMILES string of the molecule is CCCOc1ccc(Br)cc1C(=O)NC(=S)Nc1ccc(S(=O)(=O)Nc2nccnc2OC)cc1. The molecule has 0 saturated carbocycles. The lowest BCUT2D eigenvalue weighted by Crippen LogP contribution is -2.34. The number of amides is 1. The fourth-order valence-electron chi connectivity index (χ4n) is 2.80. The summed E-state index contributed by atoms with van der Waals surface area (Å²) in [5, 5.41) is 5.49. The molecule has 1 aromatic heterocycles.